The van der Waals surface area contributed by atoms with Crippen LogP contribution in [0.15, 0.2) is 162 Å². The number of nitrogens with one attached hydrogen (secondary N) is 6. The van der Waals surface area contributed by atoms with Crippen LogP contribution in [0.5, 0.6) is 0 Å². The van der Waals surface area contributed by atoms with Gasteiger partial charge in [0.2, 0.25) is 0 Å². The molecule has 6 aliphatic heterocycles. The van der Waals surface area contributed by atoms with Gasteiger partial charge in [0.25, 0.3) is 0 Å². The van der Waals surface area contributed by atoms with Crippen molar-refractivity contribution >= 4 is 34.7 Å². The molecule has 0 amide bonds. The van der Waals surface area contributed by atoms with Crippen LogP contribution < -0.4 is 31.9 Å². The highest BCUT2D eigenvalue weighted by molar-refractivity contribution is 6.30. The van der Waals surface area contributed by atoms with Gasteiger partial charge in [-0.3, -0.25) is 28.8 Å². The van der Waals surface area contributed by atoms with E-state index in [0.29, 0.717) is 0 Å². The molecule has 0 radical (unpaired) electrons. The Morgan fingerprint density at radius 1 is 0.318 bits per heavy atom. The molecular weight excluding hydrogens is 829 g/mol. The summed E-state index contributed by atoms with van der Waals surface area (Å²) in [5.74, 6) is -4.56. The third-order valence-electron chi connectivity index (χ3n) is 15.6. The predicted octanol–water partition coefficient (Wildman–Crippen LogP) is 4.47. The minimum absolute atomic E-state index is 0.0293. The molecule has 3 aromatic rings. The van der Waals surface area contributed by atoms with Gasteiger partial charge in [-0.25, -0.2) is 0 Å². The van der Waals surface area contributed by atoms with Crippen molar-refractivity contribution in [2.75, 3.05) is 0 Å². The second-order valence-electron chi connectivity index (χ2n) is 19.8. The van der Waals surface area contributed by atoms with Crippen molar-refractivity contribution in [2.45, 2.75) is 94.0 Å². The first-order chi connectivity index (χ1) is 31.6. The van der Waals surface area contributed by atoms with Gasteiger partial charge >= 0.3 is 0 Å². The summed E-state index contributed by atoms with van der Waals surface area (Å²) in [6.07, 6.45) is 9.40. The fourth-order valence-corrected chi connectivity index (χ4v) is 11.9. The quantitative estimate of drug-likeness (QED) is 0.178. The lowest BCUT2D eigenvalue weighted by Gasteiger charge is -2.40. The number of carbonyl (C=O) groups is 6. The molecule has 1 saturated carbocycles. The molecule has 0 saturated heterocycles. The average Bonchev–Trinajstić information content (AvgIpc) is 4.15. The van der Waals surface area contributed by atoms with E-state index in [2.05, 4.69) is 31.9 Å². The van der Waals surface area contributed by atoms with Crippen LogP contribution >= 0.6 is 0 Å². The Balaban J connectivity index is 1.21. The van der Waals surface area contributed by atoms with E-state index in [1.807, 2.05) is 133 Å². The normalized spacial score (nSPS) is 31.8. The summed E-state index contributed by atoms with van der Waals surface area (Å²) in [5, 5.41) is 20.2. The Morgan fingerprint density at radius 2 is 0.545 bits per heavy atom. The molecule has 6 N–H and O–H groups in total. The second-order valence-corrected chi connectivity index (χ2v) is 19.8. The third kappa shape index (κ3) is 5.38. The van der Waals surface area contributed by atoms with Crippen LogP contribution in [-0.4, -0.2) is 67.9 Å². The molecule has 0 spiro atoms. The molecular formula is C54H54N6O6. The fraction of sp³-hybridized carbons (Fsp3) is 0.333. The fourth-order valence-electron chi connectivity index (χ4n) is 11.9. The Labute approximate surface area is 384 Å². The maximum absolute atomic E-state index is 15.9. The maximum atomic E-state index is 15.9. The number of hydrogen-bond acceptors (Lipinski definition) is 12. The lowest BCUT2D eigenvalue weighted by Crippen LogP contribution is -2.62. The third-order valence-corrected chi connectivity index (χ3v) is 15.6. The number of Topliss-reactive ketones (excluding diaryl/α,β-unsaturated/α-hetero) is 6. The predicted molar refractivity (Wildman–Crippen MR) is 249 cm³/mol. The van der Waals surface area contributed by atoms with E-state index in [0.717, 1.165) is 16.7 Å². The van der Waals surface area contributed by atoms with Crippen molar-refractivity contribution in [3.05, 3.63) is 178 Å². The number of carbonyl (C=O) groups excluding carboxylic acids is 6. The molecule has 12 nitrogen and oxygen atoms in total. The van der Waals surface area contributed by atoms with Crippen LogP contribution in [0, 0.1) is 17.8 Å². The summed E-state index contributed by atoms with van der Waals surface area (Å²) < 4.78 is 0. The van der Waals surface area contributed by atoms with Gasteiger partial charge in [-0.15, -0.1) is 0 Å². The number of rotatable bonds is 9. The molecule has 3 aromatic carbocycles. The largest absolute Gasteiger partial charge is 0.374 e. The molecule has 6 atom stereocenters. The molecule has 6 heterocycles. The molecule has 7 aliphatic rings. The summed E-state index contributed by atoms with van der Waals surface area (Å²) in [5.41, 5.74) is -7.35. The van der Waals surface area contributed by atoms with Crippen molar-refractivity contribution in [1.29, 1.82) is 0 Å². The van der Waals surface area contributed by atoms with E-state index >= 15 is 28.8 Å². The molecule has 10 rings (SSSR count). The van der Waals surface area contributed by atoms with Gasteiger partial charge in [0.15, 0.2) is 34.7 Å². The van der Waals surface area contributed by atoms with Gasteiger partial charge < -0.3 is 31.9 Å². The van der Waals surface area contributed by atoms with Gasteiger partial charge in [0, 0.05) is 89.9 Å². The molecule has 66 heavy (non-hydrogen) atoms. The number of ketones is 6. The molecule has 12 heteroatoms. The van der Waals surface area contributed by atoms with Crippen molar-refractivity contribution in [3.63, 3.8) is 0 Å². The zero-order valence-corrected chi connectivity index (χ0v) is 37.9. The smallest absolute Gasteiger partial charge is 0.193 e. The van der Waals surface area contributed by atoms with Crippen molar-refractivity contribution in [1.82, 2.24) is 31.9 Å². The van der Waals surface area contributed by atoms with Crippen molar-refractivity contribution in [2.24, 2.45) is 17.8 Å². The summed E-state index contributed by atoms with van der Waals surface area (Å²) in [6, 6.07) is 28.0. The van der Waals surface area contributed by atoms with Gasteiger partial charge in [-0.05, 0) is 34.4 Å². The maximum Gasteiger partial charge on any atom is 0.193 e. The summed E-state index contributed by atoms with van der Waals surface area (Å²) in [6.45, 7) is 11.1. The van der Waals surface area contributed by atoms with Gasteiger partial charge in [-0.1, -0.05) is 133 Å². The first-order valence-corrected chi connectivity index (χ1v) is 22.9. The van der Waals surface area contributed by atoms with Crippen LogP contribution in [0.3, 0.4) is 0 Å². The average molecular weight is 883 g/mol. The Kier molecular flexibility index (Phi) is 9.55. The lowest BCUT2D eigenvalue weighted by molar-refractivity contribution is -0.129. The van der Waals surface area contributed by atoms with Crippen LogP contribution in [0.2, 0.25) is 0 Å². The molecule has 1 fully saturated rings. The molecule has 336 valence electrons. The first kappa shape index (κ1) is 42.8. The van der Waals surface area contributed by atoms with Gasteiger partial charge in [0.1, 0.15) is 33.2 Å². The Hall–Kier alpha value is -7.08. The van der Waals surface area contributed by atoms with Gasteiger partial charge in [-0.2, -0.15) is 0 Å². The zero-order valence-electron chi connectivity index (χ0n) is 37.9. The van der Waals surface area contributed by atoms with E-state index in [1.165, 1.54) is 0 Å². The van der Waals surface area contributed by atoms with Crippen LogP contribution in [0.1, 0.15) is 58.2 Å². The molecule has 12 bridgehead atoms. The Morgan fingerprint density at radius 3 is 0.773 bits per heavy atom. The summed E-state index contributed by atoms with van der Waals surface area (Å²) in [7, 11) is 0. The SMILES string of the molecule is CC(C)[C@]12NC=C(C1=O)[C@]1(Cc3ccccc3)NC=C(C1=O)[C@@]1(C(C)C)NC=C(C1=O)[C@]1(Cc3ccccc3)NC=C(C1=O)[C@@]1(C(C)C)NC=C(C1=O)[C@]1(Cc3ccccc3)NC=C2C1=O. The van der Waals surface area contributed by atoms with E-state index in [4.69, 9.17) is 0 Å². The molecule has 0 aromatic heterocycles. The highest BCUT2D eigenvalue weighted by Gasteiger charge is 2.69. The van der Waals surface area contributed by atoms with Gasteiger partial charge in [0.05, 0.1) is 0 Å². The number of benzene rings is 3. The topological polar surface area (TPSA) is 175 Å². The summed E-state index contributed by atoms with van der Waals surface area (Å²) in [4.78, 5) is 95.2. The summed E-state index contributed by atoms with van der Waals surface area (Å²) >= 11 is 0. The van der Waals surface area contributed by atoms with Crippen molar-refractivity contribution < 1.29 is 28.8 Å². The van der Waals surface area contributed by atoms with E-state index < -0.39 is 85.7 Å². The second kappa shape index (κ2) is 14.7. The minimum atomic E-state index is -1.73. The van der Waals surface area contributed by atoms with Crippen molar-refractivity contribution in [3.8, 4) is 0 Å². The first-order valence-electron chi connectivity index (χ1n) is 22.9. The molecule has 1 aliphatic carbocycles. The van der Waals surface area contributed by atoms with Crippen LogP contribution in [0.4, 0.5) is 0 Å². The lowest BCUT2D eigenvalue weighted by atomic mass is 9.64. The van der Waals surface area contributed by atoms with Crippen LogP contribution in [0.25, 0.3) is 0 Å². The number of hydrogen-bond donors (Lipinski definition) is 6. The molecule has 0 unspecified atom stereocenters. The van der Waals surface area contributed by atoms with E-state index in [1.54, 1.807) is 37.2 Å². The highest BCUT2D eigenvalue weighted by Crippen LogP contribution is 2.51. The number of fused-ring (bicyclic) bond motifs is 18. The highest BCUT2D eigenvalue weighted by atomic mass is 16.2. The Bertz CT molecular complexity index is 2550. The minimum Gasteiger partial charge on any atom is -0.374 e. The van der Waals surface area contributed by atoms with Crippen LogP contribution in [-0.2, 0) is 48.0 Å². The van der Waals surface area contributed by atoms with E-state index in [9.17, 15) is 0 Å². The monoisotopic (exact) mass is 882 g/mol. The zero-order chi connectivity index (χ0) is 46.6. The van der Waals surface area contributed by atoms with E-state index in [-0.39, 0.29) is 52.7 Å². The standard InChI is InChI=1S/C54H54N6O6/c1-31(2)52-40-28-55-50(43(40)61,23-35-18-12-8-13-19-35)38-26-59-54(33(5)6,47(38)65)42-30-57-51(45(42)63,24-36-20-14-9-15-21-36)39-27-60-53(32(3)4,48(39)66)41-29-56-49(44(41)62,37(25-58-52)46(52)64)22-34-16-10-7-11-17-34/h7-21,25-33,55-60H,22-24H2,1-6H3/t49-,50-,51-,52+,53+,54+/m0/s1.